The molecule has 1 saturated heterocycles. The van der Waals surface area contributed by atoms with E-state index >= 15 is 0 Å². The average Bonchev–Trinajstić information content (AvgIpc) is 2.94. The maximum Gasteiger partial charge on any atom is 0.240 e. The van der Waals surface area contributed by atoms with Crippen molar-refractivity contribution < 1.29 is 4.79 Å². The van der Waals surface area contributed by atoms with Gasteiger partial charge in [-0.25, -0.2) is 0 Å². The van der Waals surface area contributed by atoms with Crippen LogP contribution in [0.25, 0.3) is 10.8 Å². The van der Waals surface area contributed by atoms with Crippen LogP contribution in [0.15, 0.2) is 65.7 Å². The van der Waals surface area contributed by atoms with Gasteiger partial charge in [-0.05, 0) is 65.6 Å². The molecule has 1 aliphatic rings. The zero-order valence-corrected chi connectivity index (χ0v) is 25.5. The van der Waals surface area contributed by atoms with Crippen LogP contribution in [0.5, 0.6) is 0 Å². The predicted molar refractivity (Wildman–Crippen MR) is 171 cm³/mol. The first-order valence-electron chi connectivity index (χ1n) is 14.4. The summed E-state index contributed by atoms with van der Waals surface area (Å²) >= 11 is 12.5. The van der Waals surface area contributed by atoms with Gasteiger partial charge in [0.25, 0.3) is 0 Å². The van der Waals surface area contributed by atoms with Gasteiger partial charge in [0.1, 0.15) is 0 Å². The zero-order valence-electron chi connectivity index (χ0n) is 24.0. The zero-order chi connectivity index (χ0) is 29.5. The number of rotatable bonds is 11. The van der Waals surface area contributed by atoms with Crippen molar-refractivity contribution in [3.8, 4) is 0 Å². The fourth-order valence-corrected chi connectivity index (χ4v) is 6.29. The number of hydrogen-bond donors (Lipinski definition) is 3. The molecule has 7 nitrogen and oxygen atoms in total. The Morgan fingerprint density at radius 2 is 1.78 bits per heavy atom. The maximum atomic E-state index is 13.9. The van der Waals surface area contributed by atoms with Crippen LogP contribution in [0.3, 0.4) is 0 Å². The molecule has 0 spiro atoms. The van der Waals surface area contributed by atoms with Gasteiger partial charge in [0.15, 0.2) is 5.96 Å². The SMILES string of the molecule is CC(C)C1CN(C(=O)[C@H](N)Cc2ccc(Cl)cc2Cl)[C@@H](CCCN=C(N)N)CN1CCc1ccc2ccccc2c1. The normalized spacial score (nSPS) is 18.5. The van der Waals surface area contributed by atoms with E-state index in [1.54, 1.807) is 12.1 Å². The molecule has 0 bridgehead atoms. The number of guanidine groups is 1. The summed E-state index contributed by atoms with van der Waals surface area (Å²) in [7, 11) is 0. The highest BCUT2D eigenvalue weighted by atomic mass is 35.5. The number of amides is 1. The standard InChI is InChI=1S/C32H42Cl2N6O/c1-21(2)30-20-40(31(41)29(35)17-25-11-12-26(33)18-28(25)34)27(8-5-14-38-32(36)37)19-39(30)15-13-22-9-10-23-6-3-4-7-24(23)16-22/h3-4,6-7,9-12,16,18,21,27,29-30H,5,8,13-15,17,19-20,35H2,1-2H3,(H4,36,37,38)/t27-,29+,30?/m0/s1. The Labute approximate surface area is 253 Å². The van der Waals surface area contributed by atoms with Crippen LogP contribution in [-0.4, -0.2) is 66.0 Å². The van der Waals surface area contributed by atoms with Crippen LogP contribution < -0.4 is 17.2 Å². The lowest BCUT2D eigenvalue weighted by Gasteiger charge is -2.49. The summed E-state index contributed by atoms with van der Waals surface area (Å²) in [5, 5.41) is 3.58. The monoisotopic (exact) mass is 596 g/mol. The van der Waals surface area contributed by atoms with E-state index in [4.69, 9.17) is 40.4 Å². The number of halogens is 2. The summed E-state index contributed by atoms with van der Waals surface area (Å²) in [6.07, 6.45) is 2.85. The number of nitrogens with two attached hydrogens (primary N) is 3. The van der Waals surface area contributed by atoms with Gasteiger partial charge >= 0.3 is 0 Å². The Kier molecular flexibility index (Phi) is 10.9. The first-order valence-corrected chi connectivity index (χ1v) is 15.1. The molecule has 0 radical (unpaired) electrons. The topological polar surface area (TPSA) is 114 Å². The molecule has 9 heteroatoms. The van der Waals surface area contributed by atoms with E-state index in [1.165, 1.54) is 16.3 Å². The minimum absolute atomic E-state index is 0.00930. The molecule has 0 aliphatic carbocycles. The Morgan fingerprint density at radius 3 is 2.49 bits per heavy atom. The maximum absolute atomic E-state index is 13.9. The number of piperazine rings is 1. The molecule has 220 valence electrons. The molecule has 1 unspecified atom stereocenters. The van der Waals surface area contributed by atoms with Gasteiger partial charge in [-0.2, -0.15) is 0 Å². The van der Waals surface area contributed by atoms with Crippen molar-refractivity contribution in [2.45, 2.75) is 57.7 Å². The minimum atomic E-state index is -0.703. The lowest BCUT2D eigenvalue weighted by Crippen LogP contribution is -2.63. The molecule has 0 aromatic heterocycles. The van der Waals surface area contributed by atoms with Gasteiger partial charge in [0, 0.05) is 48.3 Å². The second kappa shape index (κ2) is 14.4. The van der Waals surface area contributed by atoms with Gasteiger partial charge in [0.05, 0.1) is 6.04 Å². The molecule has 4 rings (SSSR count). The Hall–Kier alpha value is -2.84. The third-order valence-corrected chi connectivity index (χ3v) is 8.64. The number of aliphatic imine (C=N–C) groups is 1. The highest BCUT2D eigenvalue weighted by Crippen LogP contribution is 2.27. The molecule has 0 saturated carbocycles. The number of carbonyl (C=O) groups excluding carboxylic acids is 1. The van der Waals surface area contributed by atoms with Crippen LogP contribution in [0.2, 0.25) is 10.0 Å². The third kappa shape index (κ3) is 8.35. The molecule has 1 fully saturated rings. The van der Waals surface area contributed by atoms with Gasteiger partial charge in [0.2, 0.25) is 5.91 Å². The highest BCUT2D eigenvalue weighted by Gasteiger charge is 2.38. The van der Waals surface area contributed by atoms with E-state index < -0.39 is 6.04 Å². The van der Waals surface area contributed by atoms with Gasteiger partial charge in [-0.1, -0.05) is 85.6 Å². The molecule has 3 atom stereocenters. The van der Waals surface area contributed by atoms with Gasteiger partial charge in [-0.15, -0.1) is 0 Å². The van der Waals surface area contributed by atoms with Crippen molar-refractivity contribution in [3.05, 3.63) is 81.8 Å². The number of fused-ring (bicyclic) bond motifs is 1. The van der Waals surface area contributed by atoms with Crippen molar-refractivity contribution in [2.24, 2.45) is 28.1 Å². The van der Waals surface area contributed by atoms with Gasteiger partial charge < -0.3 is 22.1 Å². The summed E-state index contributed by atoms with van der Waals surface area (Å²) < 4.78 is 0. The van der Waals surface area contributed by atoms with Gasteiger partial charge in [-0.3, -0.25) is 14.7 Å². The van der Waals surface area contributed by atoms with Crippen molar-refractivity contribution in [3.63, 3.8) is 0 Å². The van der Waals surface area contributed by atoms with Crippen LogP contribution in [0.1, 0.15) is 37.8 Å². The molecule has 1 heterocycles. The summed E-state index contributed by atoms with van der Waals surface area (Å²) in [4.78, 5) is 22.6. The van der Waals surface area contributed by atoms with E-state index in [0.717, 1.165) is 37.9 Å². The van der Waals surface area contributed by atoms with Crippen molar-refractivity contribution in [1.82, 2.24) is 9.80 Å². The molecular weight excluding hydrogens is 555 g/mol. The summed E-state index contributed by atoms with van der Waals surface area (Å²) in [5.74, 6) is 0.398. The van der Waals surface area contributed by atoms with Crippen molar-refractivity contribution >= 4 is 45.8 Å². The molecular formula is C32H42Cl2N6O. The number of benzene rings is 3. The molecule has 1 aliphatic heterocycles. The first-order chi connectivity index (χ1) is 19.6. The lowest BCUT2D eigenvalue weighted by atomic mass is 9.93. The number of hydrogen-bond acceptors (Lipinski definition) is 4. The molecule has 3 aromatic rings. The molecule has 41 heavy (non-hydrogen) atoms. The fraction of sp³-hybridized carbons (Fsp3) is 0.438. The molecule has 1 amide bonds. The van der Waals surface area contributed by atoms with E-state index in [0.29, 0.717) is 35.5 Å². The summed E-state index contributed by atoms with van der Waals surface area (Å²) in [6.45, 7) is 7.30. The smallest absolute Gasteiger partial charge is 0.240 e. The average molecular weight is 598 g/mol. The van der Waals surface area contributed by atoms with E-state index in [-0.39, 0.29) is 24.0 Å². The van der Waals surface area contributed by atoms with Crippen LogP contribution in [0.4, 0.5) is 0 Å². The quantitative estimate of drug-likeness (QED) is 0.166. The minimum Gasteiger partial charge on any atom is -0.370 e. The van der Waals surface area contributed by atoms with Crippen LogP contribution in [0, 0.1) is 5.92 Å². The van der Waals surface area contributed by atoms with Crippen molar-refractivity contribution in [1.29, 1.82) is 0 Å². The lowest BCUT2D eigenvalue weighted by molar-refractivity contribution is -0.140. The Bertz CT molecular complexity index is 1360. The number of carbonyl (C=O) groups is 1. The van der Waals surface area contributed by atoms with E-state index in [1.807, 2.05) is 11.0 Å². The third-order valence-electron chi connectivity index (χ3n) is 8.05. The second-order valence-corrected chi connectivity index (χ2v) is 12.2. The first kappa shape index (κ1) is 31.1. The Morgan fingerprint density at radius 1 is 1.02 bits per heavy atom. The van der Waals surface area contributed by atoms with Crippen LogP contribution in [-0.2, 0) is 17.6 Å². The molecule has 6 N–H and O–H groups in total. The highest BCUT2D eigenvalue weighted by molar-refractivity contribution is 6.35. The molecule has 3 aromatic carbocycles. The summed E-state index contributed by atoms with van der Waals surface area (Å²) in [5.41, 5.74) is 19.7. The second-order valence-electron chi connectivity index (χ2n) is 11.4. The van der Waals surface area contributed by atoms with Crippen molar-refractivity contribution in [2.75, 3.05) is 26.2 Å². The summed E-state index contributed by atoms with van der Waals surface area (Å²) in [6, 6.07) is 20.0. The predicted octanol–water partition coefficient (Wildman–Crippen LogP) is 4.85. The largest absolute Gasteiger partial charge is 0.370 e. The van der Waals surface area contributed by atoms with E-state index in [9.17, 15) is 4.79 Å². The number of nitrogens with zero attached hydrogens (tertiary/aromatic N) is 3. The Balaban J connectivity index is 1.50. The fourth-order valence-electron chi connectivity index (χ4n) is 5.80. The van der Waals surface area contributed by atoms with Crippen LogP contribution >= 0.6 is 23.2 Å². The van der Waals surface area contributed by atoms with E-state index in [2.05, 4.69) is 66.2 Å².